The Balaban J connectivity index is 2.18. The van der Waals surface area contributed by atoms with Crippen LogP contribution in [0.3, 0.4) is 0 Å². The first-order valence-corrected chi connectivity index (χ1v) is 8.68. The van der Waals surface area contributed by atoms with Gasteiger partial charge in [0.25, 0.3) is 5.91 Å². The molecule has 2 N–H and O–H groups in total. The van der Waals surface area contributed by atoms with Crippen LogP contribution in [-0.4, -0.2) is 13.0 Å². The van der Waals surface area contributed by atoms with Gasteiger partial charge < -0.3 is 15.4 Å². The fourth-order valence-electron chi connectivity index (χ4n) is 2.06. The van der Waals surface area contributed by atoms with Crippen molar-refractivity contribution in [3.8, 4) is 11.8 Å². The molecule has 2 rings (SSSR count). The Bertz CT molecular complexity index is 875. The number of benzene rings is 2. The lowest BCUT2D eigenvalue weighted by Crippen LogP contribution is -2.15. The number of carbonyl (C=O) groups excluding carboxylic acids is 1. The van der Waals surface area contributed by atoms with Crippen molar-refractivity contribution in [1.82, 2.24) is 0 Å². The largest absolute Gasteiger partial charge is 0.495 e. The molecule has 2 aromatic rings. The summed E-state index contributed by atoms with van der Waals surface area (Å²) in [5.41, 5.74) is 2.16. The number of ether oxygens (including phenoxy) is 1. The zero-order valence-corrected chi connectivity index (χ0v) is 16.5. The number of halogens is 2. The molecular formula is C18H15ClIN3O2. The number of methoxy groups -OCH3 is 1. The van der Waals surface area contributed by atoms with E-state index in [-0.39, 0.29) is 5.57 Å². The molecule has 0 unspecified atom stereocenters. The molecule has 25 heavy (non-hydrogen) atoms. The fourth-order valence-corrected chi connectivity index (χ4v) is 2.87. The number of amides is 1. The van der Waals surface area contributed by atoms with Gasteiger partial charge >= 0.3 is 0 Å². The Morgan fingerprint density at radius 3 is 2.68 bits per heavy atom. The van der Waals surface area contributed by atoms with Crippen LogP contribution in [-0.2, 0) is 4.79 Å². The number of nitriles is 1. The average Bonchev–Trinajstić information content (AvgIpc) is 2.57. The van der Waals surface area contributed by atoms with Gasteiger partial charge in [0.05, 0.1) is 12.8 Å². The van der Waals surface area contributed by atoms with Crippen LogP contribution >= 0.6 is 34.2 Å². The van der Waals surface area contributed by atoms with E-state index in [0.717, 1.165) is 14.8 Å². The molecular weight excluding hydrogens is 453 g/mol. The summed E-state index contributed by atoms with van der Waals surface area (Å²) in [5, 5.41) is 15.3. The summed E-state index contributed by atoms with van der Waals surface area (Å²) >= 11 is 8.16. The molecule has 7 heteroatoms. The summed E-state index contributed by atoms with van der Waals surface area (Å²) < 4.78 is 6.29. The second-order valence-corrected chi connectivity index (χ2v) is 6.75. The van der Waals surface area contributed by atoms with Gasteiger partial charge in [0, 0.05) is 20.5 Å². The van der Waals surface area contributed by atoms with Crippen LogP contribution < -0.4 is 15.4 Å². The summed E-state index contributed by atoms with van der Waals surface area (Å²) in [5.74, 6) is -0.102. The van der Waals surface area contributed by atoms with Gasteiger partial charge in [-0.25, -0.2) is 0 Å². The van der Waals surface area contributed by atoms with Crippen LogP contribution in [0.2, 0.25) is 5.02 Å². The summed E-state index contributed by atoms with van der Waals surface area (Å²) in [7, 11) is 1.49. The fraction of sp³-hybridized carbons (Fsp3) is 0.111. The molecule has 0 aliphatic rings. The molecule has 0 aliphatic carbocycles. The molecule has 2 aromatic carbocycles. The molecule has 128 valence electrons. The van der Waals surface area contributed by atoms with Crippen LogP contribution in [0.4, 0.5) is 11.4 Å². The topological polar surface area (TPSA) is 74.1 Å². The Morgan fingerprint density at radius 1 is 1.28 bits per heavy atom. The molecule has 0 spiro atoms. The van der Waals surface area contributed by atoms with Gasteiger partial charge in [-0.15, -0.1) is 0 Å². The minimum absolute atomic E-state index is 0.0695. The molecule has 0 fully saturated rings. The third kappa shape index (κ3) is 5.11. The molecule has 0 saturated carbocycles. The van der Waals surface area contributed by atoms with E-state index >= 15 is 0 Å². The first-order valence-electron chi connectivity index (χ1n) is 7.22. The number of nitrogens with zero attached hydrogens (tertiary/aromatic N) is 1. The number of carbonyl (C=O) groups is 1. The predicted octanol–water partition coefficient (Wildman–Crippen LogP) is 4.72. The van der Waals surface area contributed by atoms with Crippen LogP contribution in [0.15, 0.2) is 48.2 Å². The maximum atomic E-state index is 12.3. The maximum Gasteiger partial charge on any atom is 0.267 e. The number of hydrogen-bond acceptors (Lipinski definition) is 4. The van der Waals surface area contributed by atoms with E-state index in [0.29, 0.717) is 16.5 Å². The van der Waals surface area contributed by atoms with E-state index < -0.39 is 5.91 Å². The molecule has 0 saturated heterocycles. The lowest BCUT2D eigenvalue weighted by atomic mass is 10.2. The van der Waals surface area contributed by atoms with E-state index in [1.165, 1.54) is 13.3 Å². The van der Waals surface area contributed by atoms with Crippen LogP contribution in [0.25, 0.3) is 0 Å². The standard InChI is InChI=1S/C18H15ClIN3O2/c1-11-7-14(20)4-5-15(11)22-10-12(9-21)18(24)23-16-8-13(19)3-6-17(16)25-2/h3-8,10,22H,1-2H3,(H,23,24)/b12-10-. The summed E-state index contributed by atoms with van der Waals surface area (Å²) in [6.07, 6.45) is 1.38. The maximum absolute atomic E-state index is 12.3. The molecule has 0 aliphatic heterocycles. The van der Waals surface area contributed by atoms with E-state index in [1.54, 1.807) is 18.2 Å². The highest BCUT2D eigenvalue weighted by molar-refractivity contribution is 14.1. The van der Waals surface area contributed by atoms with Crippen molar-refractivity contribution < 1.29 is 9.53 Å². The van der Waals surface area contributed by atoms with Crippen molar-refractivity contribution in [3.63, 3.8) is 0 Å². The highest BCUT2D eigenvalue weighted by Gasteiger charge is 2.13. The van der Waals surface area contributed by atoms with Crippen molar-refractivity contribution in [1.29, 1.82) is 5.26 Å². The Labute approximate surface area is 164 Å². The normalized spacial score (nSPS) is 10.8. The molecule has 1 amide bonds. The van der Waals surface area contributed by atoms with E-state index in [2.05, 4.69) is 33.2 Å². The lowest BCUT2D eigenvalue weighted by Gasteiger charge is -2.10. The van der Waals surface area contributed by atoms with Crippen molar-refractivity contribution in [3.05, 3.63) is 62.3 Å². The number of nitrogens with one attached hydrogen (secondary N) is 2. The zero-order chi connectivity index (χ0) is 18.4. The first-order chi connectivity index (χ1) is 11.9. The van der Waals surface area contributed by atoms with Crippen LogP contribution in [0, 0.1) is 21.8 Å². The predicted molar refractivity (Wildman–Crippen MR) is 108 cm³/mol. The number of hydrogen-bond donors (Lipinski definition) is 2. The molecule has 0 atom stereocenters. The SMILES string of the molecule is COc1ccc(Cl)cc1NC(=O)/C(C#N)=C\Nc1ccc(I)cc1C. The second kappa shape index (κ2) is 8.74. The van der Waals surface area contributed by atoms with E-state index in [9.17, 15) is 10.1 Å². The third-order valence-corrected chi connectivity index (χ3v) is 4.24. The van der Waals surface area contributed by atoms with Gasteiger partial charge in [-0.05, 0) is 71.5 Å². The molecule has 0 heterocycles. The van der Waals surface area contributed by atoms with Crippen molar-refractivity contribution in [2.75, 3.05) is 17.7 Å². The van der Waals surface area contributed by atoms with E-state index in [4.69, 9.17) is 16.3 Å². The average molecular weight is 468 g/mol. The Morgan fingerprint density at radius 2 is 2.04 bits per heavy atom. The molecule has 0 radical (unpaired) electrons. The quantitative estimate of drug-likeness (QED) is 0.379. The highest BCUT2D eigenvalue weighted by Crippen LogP contribution is 2.28. The van der Waals surface area contributed by atoms with Crippen molar-refractivity contribution in [2.45, 2.75) is 6.92 Å². The monoisotopic (exact) mass is 467 g/mol. The number of rotatable bonds is 5. The first kappa shape index (κ1) is 19.1. The number of anilines is 2. The molecule has 5 nitrogen and oxygen atoms in total. The lowest BCUT2D eigenvalue weighted by molar-refractivity contribution is -0.112. The van der Waals surface area contributed by atoms with E-state index in [1.807, 2.05) is 31.2 Å². The Kier molecular flexibility index (Phi) is 6.67. The minimum atomic E-state index is -0.557. The van der Waals surface area contributed by atoms with Gasteiger partial charge in [-0.1, -0.05) is 11.6 Å². The van der Waals surface area contributed by atoms with Crippen molar-refractivity contribution in [2.24, 2.45) is 0 Å². The van der Waals surface area contributed by atoms with Gasteiger partial charge in [-0.2, -0.15) is 5.26 Å². The summed E-state index contributed by atoms with van der Waals surface area (Å²) in [4.78, 5) is 12.3. The van der Waals surface area contributed by atoms with Crippen LogP contribution in [0.5, 0.6) is 5.75 Å². The van der Waals surface area contributed by atoms with Gasteiger partial charge in [0.2, 0.25) is 0 Å². The Hall–Kier alpha value is -2.24. The van der Waals surface area contributed by atoms with Gasteiger partial charge in [0.15, 0.2) is 0 Å². The zero-order valence-electron chi connectivity index (χ0n) is 13.6. The van der Waals surface area contributed by atoms with Crippen LogP contribution in [0.1, 0.15) is 5.56 Å². The van der Waals surface area contributed by atoms with Crippen molar-refractivity contribution >= 4 is 51.5 Å². The minimum Gasteiger partial charge on any atom is -0.495 e. The van der Waals surface area contributed by atoms with Gasteiger partial charge in [0.1, 0.15) is 17.4 Å². The smallest absolute Gasteiger partial charge is 0.267 e. The second-order valence-electron chi connectivity index (χ2n) is 5.07. The molecule has 0 bridgehead atoms. The van der Waals surface area contributed by atoms with Gasteiger partial charge in [-0.3, -0.25) is 4.79 Å². The molecule has 0 aromatic heterocycles. The third-order valence-electron chi connectivity index (χ3n) is 3.34. The summed E-state index contributed by atoms with van der Waals surface area (Å²) in [6, 6.07) is 12.6. The number of aryl methyl sites for hydroxylation is 1. The highest BCUT2D eigenvalue weighted by atomic mass is 127. The summed E-state index contributed by atoms with van der Waals surface area (Å²) in [6.45, 7) is 1.95.